The van der Waals surface area contributed by atoms with E-state index in [1.54, 1.807) is 17.8 Å². The largest absolute Gasteiger partial charge is 0.481 e. The topological polar surface area (TPSA) is 94.8 Å². The number of Topliss-reactive ketones (excluding diaryl/α,β-unsaturated/α-hetero) is 1. The number of carbonyl (C=O) groups is 2. The predicted octanol–water partition coefficient (Wildman–Crippen LogP) is 4.72. The third kappa shape index (κ3) is 9.96. The van der Waals surface area contributed by atoms with Gasteiger partial charge in [0.1, 0.15) is 0 Å². The quantitative estimate of drug-likeness (QED) is 0.259. The lowest BCUT2D eigenvalue weighted by molar-refractivity contribution is -0.137. The highest BCUT2D eigenvalue weighted by atomic mass is 32.2. The summed E-state index contributed by atoms with van der Waals surface area (Å²) in [6, 6.07) is 0. The third-order valence-electron chi connectivity index (χ3n) is 5.38. The fraction of sp³-hybridized carbons (Fsp3) is 0.739. The lowest BCUT2D eigenvalue weighted by Crippen LogP contribution is -2.15. The Hall–Kier alpha value is -1.11. The molecule has 0 aliphatic heterocycles. The van der Waals surface area contributed by atoms with Gasteiger partial charge in [-0.15, -0.1) is 11.8 Å². The lowest BCUT2D eigenvalue weighted by Gasteiger charge is -2.17. The fourth-order valence-electron chi connectivity index (χ4n) is 3.68. The van der Waals surface area contributed by atoms with E-state index in [1.165, 1.54) is 6.92 Å². The Labute approximate surface area is 179 Å². The molecule has 0 saturated heterocycles. The number of carbonyl (C=O) groups excluding carboxylic acids is 1. The van der Waals surface area contributed by atoms with Gasteiger partial charge in [0.25, 0.3) is 0 Å². The van der Waals surface area contributed by atoms with Gasteiger partial charge in [0.05, 0.1) is 12.2 Å². The van der Waals surface area contributed by atoms with Gasteiger partial charge in [-0.2, -0.15) is 0 Å². The Balaban J connectivity index is 2.65. The molecule has 6 heteroatoms. The second kappa shape index (κ2) is 14.0. The van der Waals surface area contributed by atoms with Crippen molar-refractivity contribution in [3.63, 3.8) is 0 Å². The maximum absolute atomic E-state index is 12.0. The van der Waals surface area contributed by atoms with Crippen molar-refractivity contribution < 1.29 is 24.9 Å². The summed E-state index contributed by atoms with van der Waals surface area (Å²) in [6.07, 6.45) is 9.48. The minimum atomic E-state index is -0.772. The summed E-state index contributed by atoms with van der Waals surface area (Å²) in [5, 5.41) is 29.5. The van der Waals surface area contributed by atoms with E-state index in [0.29, 0.717) is 30.8 Å². The molecule has 0 fully saturated rings. The van der Waals surface area contributed by atoms with Crippen molar-refractivity contribution in [2.75, 3.05) is 5.75 Å². The molecule has 0 unspecified atom stereocenters. The van der Waals surface area contributed by atoms with E-state index in [-0.39, 0.29) is 18.1 Å². The molecule has 1 aliphatic rings. The number of thioether (sulfide) groups is 1. The zero-order valence-corrected chi connectivity index (χ0v) is 18.9. The van der Waals surface area contributed by atoms with Crippen LogP contribution in [0.3, 0.4) is 0 Å². The zero-order valence-electron chi connectivity index (χ0n) is 18.1. The van der Waals surface area contributed by atoms with Crippen LogP contribution in [0.15, 0.2) is 22.6 Å². The molecule has 4 atom stereocenters. The SMILES string of the molecule is CCCC[C@@H](C)C[C@H](O)/C=C/[C@@H]1C(SCCCCCC(=O)O)=C(C(C)=O)C[C@H]1O. The number of hydrogen-bond acceptors (Lipinski definition) is 5. The number of carboxylic acids is 1. The lowest BCUT2D eigenvalue weighted by atomic mass is 9.96. The van der Waals surface area contributed by atoms with Crippen LogP contribution in [-0.4, -0.2) is 45.0 Å². The Morgan fingerprint density at radius 3 is 2.59 bits per heavy atom. The standard InChI is InChI=1S/C23H38O5S/c1-4-5-9-16(2)14-18(25)11-12-19-21(26)15-20(17(3)24)23(19)29-13-8-6-7-10-22(27)28/h11-12,16,18-19,21,25-26H,4-10,13-15H2,1-3H3,(H,27,28)/b12-11+/t16-,18-,19+,21-/m1/s1. The van der Waals surface area contributed by atoms with Gasteiger partial charge in [0, 0.05) is 29.2 Å². The molecule has 1 rings (SSSR count). The van der Waals surface area contributed by atoms with E-state index in [0.717, 1.165) is 42.8 Å². The van der Waals surface area contributed by atoms with Crippen LogP contribution in [0.4, 0.5) is 0 Å². The van der Waals surface area contributed by atoms with Crippen LogP contribution >= 0.6 is 11.8 Å². The number of hydrogen-bond donors (Lipinski definition) is 3. The molecule has 0 heterocycles. The average molecular weight is 427 g/mol. The van der Waals surface area contributed by atoms with E-state index in [2.05, 4.69) is 13.8 Å². The van der Waals surface area contributed by atoms with E-state index in [1.807, 2.05) is 6.08 Å². The molecule has 0 bridgehead atoms. The van der Waals surface area contributed by atoms with Gasteiger partial charge < -0.3 is 15.3 Å². The van der Waals surface area contributed by atoms with Crippen molar-refractivity contribution in [3.8, 4) is 0 Å². The normalized spacial score (nSPS) is 21.7. The van der Waals surface area contributed by atoms with Crippen molar-refractivity contribution >= 4 is 23.5 Å². The van der Waals surface area contributed by atoms with Gasteiger partial charge in [-0.1, -0.05) is 51.7 Å². The maximum atomic E-state index is 12.0. The Bertz CT molecular complexity index is 584. The molecule has 0 saturated carbocycles. The summed E-state index contributed by atoms with van der Waals surface area (Å²) in [7, 11) is 0. The number of unbranched alkanes of at least 4 members (excludes halogenated alkanes) is 3. The molecule has 0 aromatic carbocycles. The molecule has 166 valence electrons. The van der Waals surface area contributed by atoms with Crippen molar-refractivity contribution in [2.45, 2.75) is 90.8 Å². The van der Waals surface area contributed by atoms with Crippen molar-refractivity contribution in [3.05, 3.63) is 22.6 Å². The number of aliphatic carboxylic acids is 1. The molecule has 0 spiro atoms. The molecular weight excluding hydrogens is 388 g/mol. The summed E-state index contributed by atoms with van der Waals surface area (Å²) in [5.41, 5.74) is 0.688. The van der Waals surface area contributed by atoms with Crippen LogP contribution < -0.4 is 0 Å². The molecule has 0 aromatic rings. The first-order valence-electron chi connectivity index (χ1n) is 10.9. The van der Waals surface area contributed by atoms with Crippen LogP contribution in [0, 0.1) is 11.8 Å². The van der Waals surface area contributed by atoms with Gasteiger partial charge in [-0.25, -0.2) is 0 Å². The molecule has 3 N–H and O–H groups in total. The maximum Gasteiger partial charge on any atom is 0.303 e. The Morgan fingerprint density at radius 1 is 1.24 bits per heavy atom. The predicted molar refractivity (Wildman–Crippen MR) is 119 cm³/mol. The summed E-state index contributed by atoms with van der Waals surface area (Å²) in [6.45, 7) is 5.84. The molecule has 1 aliphatic carbocycles. The van der Waals surface area contributed by atoms with Crippen LogP contribution in [0.2, 0.25) is 0 Å². The first-order valence-corrected chi connectivity index (χ1v) is 11.9. The van der Waals surface area contributed by atoms with Gasteiger partial charge in [-0.05, 0) is 37.9 Å². The molecule has 5 nitrogen and oxygen atoms in total. The molecule has 0 aromatic heterocycles. The highest BCUT2D eigenvalue weighted by molar-refractivity contribution is 8.03. The van der Waals surface area contributed by atoms with Crippen LogP contribution in [0.1, 0.15) is 78.6 Å². The third-order valence-corrected chi connectivity index (χ3v) is 6.70. The van der Waals surface area contributed by atoms with Crippen LogP contribution in [0.25, 0.3) is 0 Å². The smallest absolute Gasteiger partial charge is 0.303 e. The van der Waals surface area contributed by atoms with Gasteiger partial charge in [0.2, 0.25) is 0 Å². The highest BCUT2D eigenvalue weighted by Crippen LogP contribution is 2.41. The first-order chi connectivity index (χ1) is 13.8. The fourth-order valence-corrected chi connectivity index (χ4v) is 5.07. The van der Waals surface area contributed by atoms with Crippen molar-refractivity contribution in [2.24, 2.45) is 11.8 Å². The van der Waals surface area contributed by atoms with E-state index in [4.69, 9.17) is 5.11 Å². The average Bonchev–Trinajstić information content (AvgIpc) is 2.96. The van der Waals surface area contributed by atoms with Gasteiger partial charge >= 0.3 is 5.97 Å². The minimum Gasteiger partial charge on any atom is -0.481 e. The Morgan fingerprint density at radius 2 is 1.97 bits per heavy atom. The summed E-state index contributed by atoms with van der Waals surface area (Å²) >= 11 is 1.59. The zero-order chi connectivity index (χ0) is 21.8. The van der Waals surface area contributed by atoms with Crippen LogP contribution in [0.5, 0.6) is 0 Å². The number of aliphatic hydroxyl groups excluding tert-OH is 2. The number of aliphatic hydroxyl groups is 2. The minimum absolute atomic E-state index is 0.0120. The second-order valence-electron chi connectivity index (χ2n) is 8.18. The van der Waals surface area contributed by atoms with Gasteiger partial charge in [-0.3, -0.25) is 9.59 Å². The number of carboxylic acid groups (broad SMARTS) is 1. The van der Waals surface area contributed by atoms with E-state index in [9.17, 15) is 19.8 Å². The molecule has 29 heavy (non-hydrogen) atoms. The molecular formula is C23H38O5S. The molecule has 0 amide bonds. The first kappa shape index (κ1) is 25.9. The van der Waals surface area contributed by atoms with Crippen molar-refractivity contribution in [1.29, 1.82) is 0 Å². The Kier molecular flexibility index (Phi) is 12.5. The summed E-state index contributed by atoms with van der Waals surface area (Å²) in [5.74, 6) is 0.205. The second-order valence-corrected chi connectivity index (χ2v) is 9.32. The summed E-state index contributed by atoms with van der Waals surface area (Å²) < 4.78 is 0. The van der Waals surface area contributed by atoms with E-state index >= 15 is 0 Å². The van der Waals surface area contributed by atoms with Crippen LogP contribution in [-0.2, 0) is 9.59 Å². The van der Waals surface area contributed by atoms with Gasteiger partial charge in [0.15, 0.2) is 5.78 Å². The van der Waals surface area contributed by atoms with E-state index < -0.39 is 18.2 Å². The monoisotopic (exact) mass is 426 g/mol. The number of rotatable bonds is 15. The van der Waals surface area contributed by atoms with Crippen molar-refractivity contribution in [1.82, 2.24) is 0 Å². The molecule has 0 radical (unpaired) electrons. The number of ketones is 1. The highest BCUT2D eigenvalue weighted by Gasteiger charge is 2.33. The summed E-state index contributed by atoms with van der Waals surface area (Å²) in [4.78, 5) is 23.5.